The lowest BCUT2D eigenvalue weighted by Gasteiger charge is -2.45. The van der Waals surface area contributed by atoms with Crippen molar-refractivity contribution < 1.29 is 26.4 Å². The van der Waals surface area contributed by atoms with E-state index in [4.69, 9.17) is 5.73 Å². The number of nitrogens with zero attached hydrogens (tertiary/aromatic N) is 6. The third kappa shape index (κ3) is 3.23. The summed E-state index contributed by atoms with van der Waals surface area (Å²) in [5.74, 6) is -1.95. The second kappa shape index (κ2) is 7.12. The van der Waals surface area contributed by atoms with Crippen molar-refractivity contribution in [2.24, 2.45) is 5.41 Å². The van der Waals surface area contributed by atoms with Gasteiger partial charge in [0, 0.05) is 32.2 Å². The molecule has 3 aromatic rings. The predicted octanol–water partition coefficient (Wildman–Crippen LogP) is 1.55. The average molecular weight is 495 g/mol. The van der Waals surface area contributed by atoms with Crippen LogP contribution in [0.5, 0.6) is 0 Å². The molecule has 4 heterocycles. The third-order valence-corrected chi connectivity index (χ3v) is 8.24. The third-order valence-electron chi connectivity index (χ3n) is 6.45. The number of alkyl halides is 3. The minimum absolute atomic E-state index is 0.0465. The van der Waals surface area contributed by atoms with E-state index in [0.29, 0.717) is 24.1 Å². The van der Waals surface area contributed by atoms with Gasteiger partial charge in [-0.15, -0.1) is 5.10 Å². The molecule has 34 heavy (non-hydrogen) atoms. The Kier molecular flexibility index (Phi) is 4.72. The van der Waals surface area contributed by atoms with Gasteiger partial charge in [0.2, 0.25) is 15.9 Å². The van der Waals surface area contributed by atoms with E-state index in [1.165, 1.54) is 22.6 Å². The highest BCUT2D eigenvalue weighted by atomic mass is 32.2. The number of rotatable bonds is 3. The number of sulfonamides is 1. The maximum absolute atomic E-state index is 13.3. The van der Waals surface area contributed by atoms with E-state index in [-0.39, 0.29) is 35.2 Å². The molecule has 5 rings (SSSR count). The standard InChI is InChI=1S/C20H20F3N7O3S/c1-11-3-4-12(34(32,33)29-9-19(10-29)5-6-28(2)18(19)31)7-13(11)14-8-25-16-15(24)26-17(20(21,22)23)27-30(14)16/h3-4,7-8H,5-6,9-10H2,1-2H3,(H2,24,26,27). The maximum atomic E-state index is 13.3. The number of nitrogen functional groups attached to an aromatic ring is 1. The molecule has 2 aliphatic rings. The topological polar surface area (TPSA) is 127 Å². The van der Waals surface area contributed by atoms with E-state index in [0.717, 1.165) is 4.52 Å². The molecule has 1 spiro atoms. The van der Waals surface area contributed by atoms with Crippen LogP contribution in [0.4, 0.5) is 19.0 Å². The molecule has 0 atom stereocenters. The van der Waals surface area contributed by atoms with E-state index >= 15 is 0 Å². The SMILES string of the molecule is Cc1ccc(S(=O)(=O)N2CC3(CCN(C)C3=O)C2)cc1-c1cnc2c(N)nc(C(F)(F)F)nn12. The Morgan fingerprint density at radius 1 is 1.21 bits per heavy atom. The Morgan fingerprint density at radius 3 is 2.53 bits per heavy atom. The summed E-state index contributed by atoms with van der Waals surface area (Å²) in [5, 5.41) is 3.54. The molecule has 2 N–H and O–H groups in total. The molecule has 0 saturated carbocycles. The number of aromatic nitrogens is 4. The molecule has 1 aromatic carbocycles. The van der Waals surface area contributed by atoms with Crippen LogP contribution in [0.1, 0.15) is 17.8 Å². The first-order valence-corrected chi connectivity index (χ1v) is 11.7. The molecule has 0 bridgehead atoms. The molecular weight excluding hydrogens is 475 g/mol. The van der Waals surface area contributed by atoms with Gasteiger partial charge < -0.3 is 10.6 Å². The zero-order valence-corrected chi connectivity index (χ0v) is 19.0. The number of nitrogens with two attached hydrogens (primary N) is 1. The van der Waals surface area contributed by atoms with Crippen molar-refractivity contribution in [3.63, 3.8) is 0 Å². The van der Waals surface area contributed by atoms with Crippen LogP contribution in [0.25, 0.3) is 16.9 Å². The Hall–Kier alpha value is -3.26. The van der Waals surface area contributed by atoms with Crippen LogP contribution >= 0.6 is 0 Å². The monoisotopic (exact) mass is 495 g/mol. The normalized spacial score (nSPS) is 18.7. The van der Waals surface area contributed by atoms with E-state index in [2.05, 4.69) is 15.1 Å². The summed E-state index contributed by atoms with van der Waals surface area (Å²) in [6.07, 6.45) is -2.97. The highest BCUT2D eigenvalue weighted by Gasteiger charge is 2.57. The van der Waals surface area contributed by atoms with Crippen LogP contribution < -0.4 is 5.73 Å². The molecule has 2 aliphatic heterocycles. The predicted molar refractivity (Wildman–Crippen MR) is 114 cm³/mol. The number of hydrogen-bond acceptors (Lipinski definition) is 7. The number of amides is 1. The number of anilines is 1. The fourth-order valence-electron chi connectivity index (χ4n) is 4.48. The van der Waals surface area contributed by atoms with Crippen molar-refractivity contribution in [3.05, 3.63) is 35.8 Å². The van der Waals surface area contributed by atoms with Gasteiger partial charge in [0.15, 0.2) is 11.5 Å². The Balaban J connectivity index is 1.54. The van der Waals surface area contributed by atoms with Crippen molar-refractivity contribution in [2.75, 3.05) is 32.4 Å². The number of aryl methyl sites for hydroxylation is 1. The van der Waals surface area contributed by atoms with Crippen LogP contribution in [-0.4, -0.2) is 69.8 Å². The number of halogens is 3. The molecule has 14 heteroatoms. The van der Waals surface area contributed by atoms with Crippen LogP contribution in [0.15, 0.2) is 29.3 Å². The van der Waals surface area contributed by atoms with Crippen LogP contribution in [0.3, 0.4) is 0 Å². The van der Waals surface area contributed by atoms with Gasteiger partial charge in [-0.3, -0.25) is 4.79 Å². The fourth-order valence-corrected chi connectivity index (χ4v) is 6.12. The molecule has 2 fully saturated rings. The lowest BCUT2D eigenvalue weighted by molar-refractivity contribution is -0.145. The van der Waals surface area contributed by atoms with Gasteiger partial charge >= 0.3 is 6.18 Å². The summed E-state index contributed by atoms with van der Waals surface area (Å²) in [4.78, 5) is 21.3. The Labute approximate surface area is 192 Å². The fraction of sp³-hybridized carbons (Fsp3) is 0.400. The number of likely N-dealkylation sites (tertiary alicyclic amines) is 1. The van der Waals surface area contributed by atoms with Crippen molar-refractivity contribution in [2.45, 2.75) is 24.4 Å². The van der Waals surface area contributed by atoms with Gasteiger partial charge in [-0.05, 0) is 31.0 Å². The lowest BCUT2D eigenvalue weighted by atomic mass is 9.80. The molecule has 1 amide bonds. The quantitative estimate of drug-likeness (QED) is 0.584. The highest BCUT2D eigenvalue weighted by molar-refractivity contribution is 7.89. The molecule has 0 unspecified atom stereocenters. The second-order valence-electron chi connectivity index (χ2n) is 8.70. The molecule has 0 aliphatic carbocycles. The number of hydrogen-bond donors (Lipinski definition) is 1. The van der Waals surface area contributed by atoms with Gasteiger partial charge in [0.05, 0.1) is 22.2 Å². The molecule has 180 valence electrons. The molecule has 0 radical (unpaired) electrons. The van der Waals surface area contributed by atoms with E-state index in [1.54, 1.807) is 24.9 Å². The summed E-state index contributed by atoms with van der Waals surface area (Å²) < 4.78 is 68.3. The number of carbonyl (C=O) groups excluding carboxylic acids is 1. The first-order valence-electron chi connectivity index (χ1n) is 10.3. The number of fused-ring (bicyclic) bond motifs is 1. The highest BCUT2D eigenvalue weighted by Crippen LogP contribution is 2.43. The van der Waals surface area contributed by atoms with Crippen LogP contribution in [0, 0.1) is 12.3 Å². The Bertz CT molecular complexity index is 1450. The van der Waals surface area contributed by atoms with Gasteiger partial charge in [-0.1, -0.05) is 6.07 Å². The molecule has 10 nitrogen and oxygen atoms in total. The number of imidazole rings is 1. The zero-order valence-electron chi connectivity index (χ0n) is 18.2. The molecule has 2 aromatic heterocycles. The Morgan fingerprint density at radius 2 is 1.91 bits per heavy atom. The second-order valence-corrected chi connectivity index (χ2v) is 10.6. The number of carbonyl (C=O) groups is 1. The van der Waals surface area contributed by atoms with E-state index in [1.807, 2.05) is 0 Å². The van der Waals surface area contributed by atoms with Gasteiger partial charge in [-0.2, -0.15) is 17.5 Å². The first kappa shape index (κ1) is 22.5. The summed E-state index contributed by atoms with van der Waals surface area (Å²) >= 11 is 0. The summed E-state index contributed by atoms with van der Waals surface area (Å²) in [7, 11) is -2.24. The van der Waals surface area contributed by atoms with Crippen molar-refractivity contribution >= 4 is 27.4 Å². The van der Waals surface area contributed by atoms with Crippen LogP contribution in [-0.2, 0) is 21.0 Å². The minimum Gasteiger partial charge on any atom is -0.380 e. The maximum Gasteiger partial charge on any atom is 0.453 e. The summed E-state index contributed by atoms with van der Waals surface area (Å²) in [6, 6.07) is 4.35. The number of benzene rings is 1. The molecule has 2 saturated heterocycles. The van der Waals surface area contributed by atoms with Gasteiger partial charge in [0.1, 0.15) is 0 Å². The van der Waals surface area contributed by atoms with Crippen molar-refractivity contribution in [3.8, 4) is 11.3 Å². The van der Waals surface area contributed by atoms with Crippen molar-refractivity contribution in [1.29, 1.82) is 0 Å². The average Bonchev–Trinajstić information content (AvgIpc) is 3.28. The van der Waals surface area contributed by atoms with E-state index < -0.39 is 33.3 Å². The lowest BCUT2D eigenvalue weighted by Crippen LogP contribution is -2.61. The smallest absolute Gasteiger partial charge is 0.380 e. The van der Waals surface area contributed by atoms with Gasteiger partial charge in [-0.25, -0.2) is 22.9 Å². The van der Waals surface area contributed by atoms with Gasteiger partial charge in [0.25, 0.3) is 5.82 Å². The van der Waals surface area contributed by atoms with Crippen LogP contribution in [0.2, 0.25) is 0 Å². The summed E-state index contributed by atoms with van der Waals surface area (Å²) in [6.45, 7) is 2.46. The molecular formula is C20H20F3N7O3S. The summed E-state index contributed by atoms with van der Waals surface area (Å²) in [5.41, 5.74) is 5.96. The zero-order chi connectivity index (χ0) is 24.6. The van der Waals surface area contributed by atoms with E-state index in [9.17, 15) is 26.4 Å². The first-order chi connectivity index (χ1) is 15.8. The minimum atomic E-state index is -4.83. The van der Waals surface area contributed by atoms with Crippen molar-refractivity contribution in [1.82, 2.24) is 28.8 Å². The largest absolute Gasteiger partial charge is 0.453 e.